The van der Waals surface area contributed by atoms with Gasteiger partial charge in [-0.1, -0.05) is 90.4 Å². The molecule has 0 aromatic heterocycles. The maximum Gasteiger partial charge on any atom is 1.00 e. The minimum atomic E-state index is -4.35. The normalized spacial score (nSPS) is 11.8. The maximum absolute atomic E-state index is 11.6. The zero-order chi connectivity index (χ0) is 27.2. The smallest absolute Gasteiger partial charge is 0.457 e. The van der Waals surface area contributed by atoms with Crippen molar-refractivity contribution in [3.8, 4) is 11.5 Å². The Morgan fingerprint density at radius 2 is 1.03 bits per heavy atom. The van der Waals surface area contributed by atoms with Crippen molar-refractivity contribution in [2.45, 2.75) is 113 Å². The van der Waals surface area contributed by atoms with E-state index in [2.05, 4.69) is 6.92 Å². The Balaban J connectivity index is 0.00000722. The van der Waals surface area contributed by atoms with E-state index >= 15 is 0 Å². The van der Waals surface area contributed by atoms with Crippen LogP contribution in [-0.4, -0.2) is 25.9 Å². The van der Waals surface area contributed by atoms with E-state index in [4.69, 9.17) is 9.29 Å². The molecule has 0 atom stereocenters. The molecule has 0 spiro atoms. The van der Waals surface area contributed by atoms with E-state index in [0.717, 1.165) is 19.3 Å². The van der Waals surface area contributed by atoms with Gasteiger partial charge in [0.2, 0.25) is 0 Å². The zero-order valence-corrected chi connectivity index (χ0v) is 26.5. The van der Waals surface area contributed by atoms with Gasteiger partial charge < -0.3 is 4.74 Å². The van der Waals surface area contributed by atoms with Gasteiger partial charge >= 0.3 is 29.6 Å². The number of aryl methyl sites for hydroxylation is 1. The Bertz CT molecular complexity index is 1150. The third kappa shape index (κ3) is 13.9. The SMILES string of the molecule is CCCCCCCCCCCCCCCCc1cc(S(=O)(=O)O)ccc1Oc1ccc(S(=O)(=O)O)cc1.[Na+]. The van der Waals surface area contributed by atoms with Crippen molar-refractivity contribution in [1.82, 2.24) is 0 Å². The van der Waals surface area contributed by atoms with Crippen molar-refractivity contribution in [2.24, 2.45) is 0 Å². The average molecular weight is 578 g/mol. The Kier molecular flexibility index (Phi) is 17.0. The quantitative estimate of drug-likeness (QED) is 0.137. The van der Waals surface area contributed by atoms with Crippen LogP contribution in [0.15, 0.2) is 52.3 Å². The van der Waals surface area contributed by atoms with Crippen molar-refractivity contribution >= 4 is 20.2 Å². The van der Waals surface area contributed by atoms with Gasteiger partial charge in [-0.15, -0.1) is 0 Å². The predicted octanol–water partition coefficient (Wildman–Crippen LogP) is 5.00. The maximum atomic E-state index is 11.6. The van der Waals surface area contributed by atoms with Gasteiger partial charge in [-0.3, -0.25) is 9.11 Å². The number of ether oxygens (including phenoxy) is 1. The molecule has 0 saturated heterocycles. The van der Waals surface area contributed by atoms with Crippen LogP contribution in [0.1, 0.15) is 102 Å². The van der Waals surface area contributed by atoms with Crippen molar-refractivity contribution in [3.63, 3.8) is 0 Å². The molecule has 38 heavy (non-hydrogen) atoms. The van der Waals surface area contributed by atoms with E-state index in [0.29, 0.717) is 23.5 Å². The Labute approximate surface area is 251 Å². The molecule has 0 aliphatic heterocycles. The molecule has 0 aliphatic carbocycles. The molecule has 0 saturated carbocycles. The summed E-state index contributed by atoms with van der Waals surface area (Å²) in [6.45, 7) is 2.24. The van der Waals surface area contributed by atoms with Crippen LogP contribution in [0.2, 0.25) is 0 Å². The van der Waals surface area contributed by atoms with E-state index < -0.39 is 20.2 Å². The van der Waals surface area contributed by atoms with Crippen LogP contribution in [0.3, 0.4) is 0 Å². The van der Waals surface area contributed by atoms with Crippen LogP contribution in [0.5, 0.6) is 11.5 Å². The molecule has 0 radical (unpaired) electrons. The first-order valence-corrected chi connectivity index (χ1v) is 16.3. The van der Waals surface area contributed by atoms with Crippen LogP contribution in [0, 0.1) is 0 Å². The van der Waals surface area contributed by atoms with Gasteiger partial charge in [-0.05, 0) is 60.9 Å². The number of hydrogen-bond donors (Lipinski definition) is 2. The van der Waals surface area contributed by atoms with Gasteiger partial charge in [0.25, 0.3) is 20.2 Å². The molecule has 10 heteroatoms. The molecule has 0 fully saturated rings. The first-order valence-electron chi connectivity index (χ1n) is 13.5. The van der Waals surface area contributed by atoms with Crippen molar-refractivity contribution in [2.75, 3.05) is 0 Å². The van der Waals surface area contributed by atoms with Crippen LogP contribution in [0.25, 0.3) is 0 Å². The molecule has 2 N–H and O–H groups in total. The van der Waals surface area contributed by atoms with Gasteiger partial charge in [0.1, 0.15) is 11.5 Å². The van der Waals surface area contributed by atoms with Gasteiger partial charge in [0.15, 0.2) is 0 Å². The molecule has 7 nitrogen and oxygen atoms in total. The number of benzene rings is 2. The van der Waals surface area contributed by atoms with Crippen LogP contribution >= 0.6 is 0 Å². The summed E-state index contributed by atoms with van der Waals surface area (Å²) in [6, 6.07) is 9.45. The number of unbranched alkanes of at least 4 members (excludes halogenated alkanes) is 13. The summed E-state index contributed by atoms with van der Waals surface area (Å²) < 4.78 is 70.1. The summed E-state index contributed by atoms with van der Waals surface area (Å²) in [6.07, 6.45) is 18.0. The minimum absolute atomic E-state index is 0. The predicted molar refractivity (Wildman–Crippen MR) is 147 cm³/mol. The summed E-state index contributed by atoms with van der Waals surface area (Å²) in [7, 11) is -8.65. The topological polar surface area (TPSA) is 118 Å². The van der Waals surface area contributed by atoms with Crippen molar-refractivity contribution in [1.29, 1.82) is 0 Å². The van der Waals surface area contributed by atoms with E-state index in [1.54, 1.807) is 0 Å². The molecule has 2 aromatic rings. The van der Waals surface area contributed by atoms with Crippen LogP contribution < -0.4 is 34.3 Å². The van der Waals surface area contributed by atoms with Crippen molar-refractivity contribution < 1.29 is 60.2 Å². The van der Waals surface area contributed by atoms with Crippen LogP contribution in [0.4, 0.5) is 0 Å². The average Bonchev–Trinajstić information content (AvgIpc) is 2.84. The van der Waals surface area contributed by atoms with E-state index in [1.807, 2.05) is 0 Å². The second kappa shape index (κ2) is 18.4. The molecule has 0 amide bonds. The summed E-state index contributed by atoms with van der Waals surface area (Å²) in [5.74, 6) is 0.774. The summed E-state index contributed by atoms with van der Waals surface area (Å²) in [5.41, 5.74) is 0.646. The van der Waals surface area contributed by atoms with Crippen LogP contribution in [-0.2, 0) is 26.7 Å². The van der Waals surface area contributed by atoms with Gasteiger partial charge in [0, 0.05) is 0 Å². The molecule has 0 bridgehead atoms. The fourth-order valence-electron chi connectivity index (χ4n) is 4.33. The Morgan fingerprint density at radius 3 is 1.47 bits per heavy atom. The minimum Gasteiger partial charge on any atom is -0.457 e. The fourth-order valence-corrected chi connectivity index (χ4v) is 5.34. The number of hydrogen-bond acceptors (Lipinski definition) is 5. The Hall–Kier alpha value is -0.940. The van der Waals surface area contributed by atoms with Gasteiger partial charge in [-0.2, -0.15) is 16.8 Å². The first-order chi connectivity index (χ1) is 17.6. The third-order valence-electron chi connectivity index (χ3n) is 6.48. The van der Waals surface area contributed by atoms with E-state index in [1.165, 1.54) is 113 Å². The molecule has 2 rings (SSSR count). The molecule has 0 unspecified atom stereocenters. The largest absolute Gasteiger partial charge is 1.00 e. The van der Waals surface area contributed by atoms with E-state index in [9.17, 15) is 21.4 Å². The third-order valence-corrected chi connectivity index (χ3v) is 8.20. The molecule has 208 valence electrons. The molecule has 0 aliphatic rings. The summed E-state index contributed by atoms with van der Waals surface area (Å²) >= 11 is 0. The van der Waals surface area contributed by atoms with Gasteiger partial charge in [0.05, 0.1) is 9.79 Å². The molecule has 2 aromatic carbocycles. The summed E-state index contributed by atoms with van der Waals surface area (Å²) in [4.78, 5) is -0.439. The fraction of sp³-hybridized carbons (Fsp3) is 0.571. The summed E-state index contributed by atoms with van der Waals surface area (Å²) in [5, 5.41) is 0. The first kappa shape index (κ1) is 35.1. The monoisotopic (exact) mass is 577 g/mol. The second-order valence-electron chi connectivity index (χ2n) is 9.64. The van der Waals surface area contributed by atoms with E-state index in [-0.39, 0.29) is 39.3 Å². The zero-order valence-electron chi connectivity index (χ0n) is 22.9. The molecular formula is C28H42NaO7S2+. The standard InChI is InChI=1S/C28H42O7S2.Na/c1-2-3-4-5-6-7-8-9-10-11-12-13-14-15-16-24-23-27(37(32,33)34)21-22-28(24)35-25-17-19-26(20-18-25)36(29,30)31;/h17-23H,2-16H2,1H3,(H,29,30,31)(H,32,33,34);/q;+1. The number of rotatable bonds is 19. The second-order valence-corrected chi connectivity index (χ2v) is 12.5. The Morgan fingerprint density at radius 1 is 0.605 bits per heavy atom. The van der Waals surface area contributed by atoms with Gasteiger partial charge in [-0.25, -0.2) is 0 Å². The molecular weight excluding hydrogens is 535 g/mol. The van der Waals surface area contributed by atoms with Crippen molar-refractivity contribution in [3.05, 3.63) is 48.0 Å². The molecule has 0 heterocycles.